The Morgan fingerprint density at radius 3 is 2.00 bits per heavy atom. The SMILES string of the molecule is CCCC(CCCC1C(C)(C)C1(C)CC(C)C)CC(C)C. The fraction of sp³-hybridized carbons (Fsp3) is 1.00. The van der Waals surface area contributed by atoms with Crippen molar-refractivity contribution >= 4 is 0 Å². The highest BCUT2D eigenvalue weighted by atomic mass is 14.7. The molecule has 0 aromatic rings. The lowest BCUT2D eigenvalue weighted by molar-refractivity contribution is 0.325. The molecule has 0 N–H and O–H groups in total. The predicted octanol–water partition coefficient (Wildman–Crippen LogP) is 7.33. The molecule has 0 spiro atoms. The Balaban J connectivity index is 2.41. The molecule has 0 amide bonds. The molecule has 1 saturated carbocycles. The fourth-order valence-corrected chi connectivity index (χ4v) is 5.20. The molecule has 0 heterocycles. The van der Waals surface area contributed by atoms with E-state index < -0.39 is 0 Å². The lowest BCUT2D eigenvalue weighted by Crippen LogP contribution is -2.08. The molecule has 3 atom stereocenters. The molecule has 3 unspecified atom stereocenters. The highest BCUT2D eigenvalue weighted by Crippen LogP contribution is 2.72. The first-order chi connectivity index (χ1) is 9.65. The average Bonchev–Trinajstić information content (AvgIpc) is 2.71. The van der Waals surface area contributed by atoms with Crippen LogP contribution in [0.15, 0.2) is 0 Å². The Hall–Kier alpha value is 0. The molecule has 0 radical (unpaired) electrons. The van der Waals surface area contributed by atoms with Crippen LogP contribution in [0.2, 0.25) is 0 Å². The van der Waals surface area contributed by atoms with Crippen LogP contribution in [-0.2, 0) is 0 Å². The average molecular weight is 295 g/mol. The minimum atomic E-state index is 0.579. The quantitative estimate of drug-likeness (QED) is 0.395. The van der Waals surface area contributed by atoms with Gasteiger partial charge < -0.3 is 0 Å². The summed E-state index contributed by atoms with van der Waals surface area (Å²) in [4.78, 5) is 0. The normalized spacial score (nSPS) is 29.1. The third kappa shape index (κ3) is 4.73. The van der Waals surface area contributed by atoms with E-state index in [1.807, 2.05) is 0 Å². The van der Waals surface area contributed by atoms with Gasteiger partial charge in [-0.1, -0.05) is 81.1 Å². The van der Waals surface area contributed by atoms with Crippen LogP contribution >= 0.6 is 0 Å². The number of hydrogen-bond donors (Lipinski definition) is 0. The van der Waals surface area contributed by atoms with Crippen LogP contribution in [0.5, 0.6) is 0 Å². The summed E-state index contributed by atoms with van der Waals surface area (Å²) in [6.07, 6.45) is 10.0. The Morgan fingerprint density at radius 2 is 1.52 bits per heavy atom. The van der Waals surface area contributed by atoms with Crippen molar-refractivity contribution in [3.8, 4) is 0 Å². The van der Waals surface area contributed by atoms with Gasteiger partial charge in [-0.2, -0.15) is 0 Å². The van der Waals surface area contributed by atoms with Gasteiger partial charge in [0.15, 0.2) is 0 Å². The summed E-state index contributed by atoms with van der Waals surface area (Å²) in [5, 5.41) is 0. The number of hydrogen-bond acceptors (Lipinski definition) is 0. The monoisotopic (exact) mass is 294 g/mol. The summed E-state index contributed by atoms with van der Waals surface area (Å²) in [6, 6.07) is 0. The minimum absolute atomic E-state index is 0.579. The summed E-state index contributed by atoms with van der Waals surface area (Å²) in [5.74, 6) is 3.65. The van der Waals surface area contributed by atoms with Gasteiger partial charge >= 0.3 is 0 Å². The lowest BCUT2D eigenvalue weighted by Gasteiger charge is -2.19. The molecule has 21 heavy (non-hydrogen) atoms. The Labute approximate surface area is 135 Å². The van der Waals surface area contributed by atoms with Crippen molar-refractivity contribution in [3.05, 3.63) is 0 Å². The van der Waals surface area contributed by atoms with E-state index in [9.17, 15) is 0 Å². The van der Waals surface area contributed by atoms with Gasteiger partial charge in [-0.05, 0) is 53.8 Å². The second-order valence-corrected chi connectivity index (χ2v) is 9.50. The smallest absolute Gasteiger partial charge is 0.0236 e. The maximum absolute atomic E-state index is 2.55. The van der Waals surface area contributed by atoms with Gasteiger partial charge in [-0.3, -0.25) is 0 Å². The zero-order chi connectivity index (χ0) is 16.3. The van der Waals surface area contributed by atoms with Crippen molar-refractivity contribution in [2.45, 2.75) is 100 Å². The van der Waals surface area contributed by atoms with E-state index in [1.165, 1.54) is 44.9 Å². The third-order valence-corrected chi connectivity index (χ3v) is 6.47. The van der Waals surface area contributed by atoms with Crippen molar-refractivity contribution in [3.63, 3.8) is 0 Å². The van der Waals surface area contributed by atoms with Crippen LogP contribution in [0.25, 0.3) is 0 Å². The lowest BCUT2D eigenvalue weighted by atomic mass is 9.87. The number of rotatable bonds is 10. The van der Waals surface area contributed by atoms with Gasteiger partial charge in [-0.15, -0.1) is 0 Å². The highest BCUT2D eigenvalue weighted by molar-refractivity contribution is 5.14. The highest BCUT2D eigenvalue weighted by Gasteiger charge is 2.66. The van der Waals surface area contributed by atoms with E-state index in [0.29, 0.717) is 10.8 Å². The summed E-state index contributed by atoms with van der Waals surface area (Å²) in [6.45, 7) is 19.5. The molecule has 0 nitrogen and oxygen atoms in total. The summed E-state index contributed by atoms with van der Waals surface area (Å²) in [7, 11) is 0. The van der Waals surface area contributed by atoms with Gasteiger partial charge in [-0.25, -0.2) is 0 Å². The van der Waals surface area contributed by atoms with Crippen molar-refractivity contribution in [2.75, 3.05) is 0 Å². The van der Waals surface area contributed by atoms with Gasteiger partial charge in [0.2, 0.25) is 0 Å². The molecule has 0 bridgehead atoms. The topological polar surface area (TPSA) is 0 Å². The van der Waals surface area contributed by atoms with Crippen molar-refractivity contribution in [1.29, 1.82) is 0 Å². The summed E-state index contributed by atoms with van der Waals surface area (Å²) < 4.78 is 0. The molecule has 1 fully saturated rings. The van der Waals surface area contributed by atoms with Crippen molar-refractivity contribution in [2.24, 2.45) is 34.5 Å². The molecule has 0 aromatic heterocycles. The van der Waals surface area contributed by atoms with E-state index in [-0.39, 0.29) is 0 Å². The van der Waals surface area contributed by atoms with Crippen LogP contribution in [0.4, 0.5) is 0 Å². The molecule has 126 valence electrons. The Bertz CT molecular complexity index is 299. The molecule has 0 saturated heterocycles. The molecule has 1 aliphatic carbocycles. The zero-order valence-corrected chi connectivity index (χ0v) is 16.3. The van der Waals surface area contributed by atoms with Gasteiger partial charge in [0, 0.05) is 0 Å². The third-order valence-electron chi connectivity index (χ3n) is 6.47. The Kier molecular flexibility index (Phi) is 6.81. The van der Waals surface area contributed by atoms with E-state index in [1.54, 1.807) is 0 Å². The van der Waals surface area contributed by atoms with Crippen LogP contribution in [0, 0.1) is 34.5 Å². The first-order valence-electron chi connectivity index (χ1n) is 9.65. The molecule has 1 aliphatic rings. The predicted molar refractivity (Wildman–Crippen MR) is 96.5 cm³/mol. The summed E-state index contributed by atoms with van der Waals surface area (Å²) >= 11 is 0. The zero-order valence-electron chi connectivity index (χ0n) is 16.3. The molecule has 0 aliphatic heterocycles. The molecule has 0 heteroatoms. The molecular formula is C21H42. The standard InChI is InChI=1S/C21H42/c1-9-11-18(14-16(2)3)12-10-13-19-20(6,7)21(19,8)15-17(4)5/h16-19H,9-15H2,1-8H3. The second kappa shape index (κ2) is 7.51. The maximum Gasteiger partial charge on any atom is -0.0236 e. The summed E-state index contributed by atoms with van der Waals surface area (Å²) in [5.41, 5.74) is 1.19. The molecule has 0 aromatic carbocycles. The van der Waals surface area contributed by atoms with Crippen LogP contribution in [-0.4, -0.2) is 0 Å². The fourth-order valence-electron chi connectivity index (χ4n) is 5.20. The van der Waals surface area contributed by atoms with E-state index in [4.69, 9.17) is 0 Å². The molecule has 1 rings (SSSR count). The van der Waals surface area contributed by atoms with E-state index >= 15 is 0 Å². The van der Waals surface area contributed by atoms with Crippen LogP contribution in [0.3, 0.4) is 0 Å². The minimum Gasteiger partial charge on any atom is -0.0654 e. The van der Waals surface area contributed by atoms with Crippen molar-refractivity contribution in [1.82, 2.24) is 0 Å². The largest absolute Gasteiger partial charge is 0.0654 e. The van der Waals surface area contributed by atoms with Gasteiger partial charge in [0.1, 0.15) is 0 Å². The van der Waals surface area contributed by atoms with Gasteiger partial charge in [0.25, 0.3) is 0 Å². The van der Waals surface area contributed by atoms with Crippen LogP contribution in [0.1, 0.15) is 100 Å². The van der Waals surface area contributed by atoms with Gasteiger partial charge in [0.05, 0.1) is 0 Å². The second-order valence-electron chi connectivity index (χ2n) is 9.50. The van der Waals surface area contributed by atoms with E-state index in [0.717, 1.165) is 23.7 Å². The van der Waals surface area contributed by atoms with Crippen LogP contribution < -0.4 is 0 Å². The maximum atomic E-state index is 2.55. The Morgan fingerprint density at radius 1 is 0.905 bits per heavy atom. The van der Waals surface area contributed by atoms with E-state index in [2.05, 4.69) is 55.4 Å². The molecular weight excluding hydrogens is 252 g/mol. The first kappa shape index (κ1) is 19.0. The van der Waals surface area contributed by atoms with Crippen molar-refractivity contribution < 1.29 is 0 Å². The first-order valence-corrected chi connectivity index (χ1v) is 9.65.